The zero-order chi connectivity index (χ0) is 9.97. The van der Waals surface area contributed by atoms with Crippen LogP contribution in [0.5, 0.6) is 0 Å². The molecule has 0 amide bonds. The van der Waals surface area contributed by atoms with Crippen molar-refractivity contribution in [1.82, 2.24) is 9.88 Å². The second-order valence-corrected chi connectivity index (χ2v) is 4.80. The van der Waals surface area contributed by atoms with E-state index in [1.54, 1.807) is 11.3 Å². The maximum atomic E-state index is 9.06. The number of likely N-dealkylation sites (tertiary alicyclic amines) is 1. The van der Waals surface area contributed by atoms with Crippen molar-refractivity contribution in [2.75, 3.05) is 19.7 Å². The van der Waals surface area contributed by atoms with Gasteiger partial charge >= 0.3 is 0 Å². The lowest BCUT2D eigenvalue weighted by atomic mass is 10.1. The van der Waals surface area contributed by atoms with Crippen LogP contribution < -0.4 is 0 Å². The average molecular weight is 212 g/mol. The zero-order valence-electron chi connectivity index (χ0n) is 8.39. The first-order chi connectivity index (χ1) is 6.81. The van der Waals surface area contributed by atoms with Gasteiger partial charge in [-0.25, -0.2) is 4.98 Å². The van der Waals surface area contributed by atoms with Crippen LogP contribution in [-0.4, -0.2) is 34.7 Å². The zero-order valence-corrected chi connectivity index (χ0v) is 9.20. The number of rotatable bonds is 3. The number of nitrogens with zero attached hydrogens (tertiary/aromatic N) is 2. The number of aliphatic hydroxyl groups is 1. The van der Waals surface area contributed by atoms with Crippen LogP contribution in [0.1, 0.15) is 24.4 Å². The molecule has 0 aliphatic carbocycles. The monoisotopic (exact) mass is 212 g/mol. The smallest absolute Gasteiger partial charge is 0.109 e. The average Bonchev–Trinajstić information content (AvgIpc) is 2.88. The summed E-state index contributed by atoms with van der Waals surface area (Å²) in [4.78, 5) is 6.73. The first-order valence-corrected chi connectivity index (χ1v) is 5.93. The molecule has 1 aliphatic heterocycles. The van der Waals surface area contributed by atoms with Crippen molar-refractivity contribution >= 4 is 11.3 Å². The Morgan fingerprint density at radius 3 is 3.21 bits per heavy atom. The number of thiazole rings is 1. The molecule has 2 heterocycles. The fourth-order valence-electron chi connectivity index (χ4n) is 1.96. The van der Waals surface area contributed by atoms with Crippen LogP contribution in [0.15, 0.2) is 11.6 Å². The molecule has 4 heteroatoms. The van der Waals surface area contributed by atoms with Crippen LogP contribution in [0.2, 0.25) is 0 Å². The summed E-state index contributed by atoms with van der Waals surface area (Å²) >= 11 is 1.71. The molecule has 1 saturated heterocycles. The summed E-state index contributed by atoms with van der Waals surface area (Å²) in [7, 11) is 0. The van der Waals surface area contributed by atoms with Crippen molar-refractivity contribution in [3.63, 3.8) is 0 Å². The van der Waals surface area contributed by atoms with Gasteiger partial charge in [0.15, 0.2) is 0 Å². The topological polar surface area (TPSA) is 36.4 Å². The highest BCUT2D eigenvalue weighted by molar-refractivity contribution is 7.09. The highest BCUT2D eigenvalue weighted by atomic mass is 32.1. The third-order valence-corrected chi connectivity index (χ3v) is 3.88. The molecule has 0 radical (unpaired) electrons. The van der Waals surface area contributed by atoms with Gasteiger partial charge in [-0.05, 0) is 25.8 Å². The molecule has 0 aromatic carbocycles. The van der Waals surface area contributed by atoms with Gasteiger partial charge in [-0.2, -0.15) is 0 Å². The van der Waals surface area contributed by atoms with Crippen molar-refractivity contribution in [1.29, 1.82) is 0 Å². The van der Waals surface area contributed by atoms with Crippen LogP contribution in [0.25, 0.3) is 0 Å². The van der Waals surface area contributed by atoms with Gasteiger partial charge in [-0.3, -0.25) is 4.90 Å². The van der Waals surface area contributed by atoms with E-state index in [4.69, 9.17) is 5.11 Å². The Balaban J connectivity index is 1.97. The molecule has 1 aromatic rings. The molecule has 3 nitrogen and oxygen atoms in total. The maximum absolute atomic E-state index is 9.06. The second-order valence-electron chi connectivity index (χ2n) is 3.88. The number of aliphatic hydroxyl groups excluding tert-OH is 1. The van der Waals surface area contributed by atoms with Crippen LogP contribution >= 0.6 is 11.3 Å². The molecule has 2 atom stereocenters. The summed E-state index contributed by atoms with van der Waals surface area (Å²) in [6, 6.07) is 0.409. The van der Waals surface area contributed by atoms with Gasteiger partial charge in [0.05, 0.1) is 6.04 Å². The fraction of sp³-hybridized carbons (Fsp3) is 0.700. The largest absolute Gasteiger partial charge is 0.396 e. The normalized spacial score (nSPS) is 25.4. The third-order valence-electron chi connectivity index (χ3n) is 2.93. The van der Waals surface area contributed by atoms with E-state index in [0.717, 1.165) is 19.5 Å². The number of hydrogen-bond donors (Lipinski definition) is 1. The Kier molecular flexibility index (Phi) is 3.15. The molecule has 14 heavy (non-hydrogen) atoms. The molecule has 0 spiro atoms. The van der Waals surface area contributed by atoms with Crippen molar-refractivity contribution in [3.8, 4) is 0 Å². The Bertz CT molecular complexity index is 276. The van der Waals surface area contributed by atoms with E-state index in [2.05, 4.69) is 16.8 Å². The molecule has 0 saturated carbocycles. The molecule has 2 rings (SSSR count). The van der Waals surface area contributed by atoms with E-state index in [0.29, 0.717) is 18.6 Å². The lowest BCUT2D eigenvalue weighted by Gasteiger charge is -2.22. The third kappa shape index (κ3) is 1.97. The predicted octanol–water partition coefficient (Wildman–Crippen LogP) is 1.52. The number of hydrogen-bond acceptors (Lipinski definition) is 4. The first kappa shape index (κ1) is 10.1. The van der Waals surface area contributed by atoms with Crippen LogP contribution in [-0.2, 0) is 0 Å². The van der Waals surface area contributed by atoms with Crippen LogP contribution in [0.4, 0.5) is 0 Å². The molecule has 0 bridgehead atoms. The molecule has 1 N–H and O–H groups in total. The Morgan fingerprint density at radius 2 is 2.64 bits per heavy atom. The minimum Gasteiger partial charge on any atom is -0.396 e. The molecular formula is C10H16N2OS. The van der Waals surface area contributed by atoms with E-state index < -0.39 is 0 Å². The van der Waals surface area contributed by atoms with Gasteiger partial charge in [0.25, 0.3) is 0 Å². The lowest BCUT2D eigenvalue weighted by Crippen LogP contribution is -2.24. The summed E-state index contributed by atoms with van der Waals surface area (Å²) in [5, 5.41) is 12.3. The van der Waals surface area contributed by atoms with E-state index in [9.17, 15) is 0 Å². The van der Waals surface area contributed by atoms with E-state index in [1.165, 1.54) is 5.01 Å². The Morgan fingerprint density at radius 1 is 1.79 bits per heavy atom. The Hall–Kier alpha value is -0.450. The predicted molar refractivity (Wildman–Crippen MR) is 57.3 cm³/mol. The molecule has 2 unspecified atom stereocenters. The van der Waals surface area contributed by atoms with Gasteiger partial charge in [0.1, 0.15) is 5.01 Å². The van der Waals surface area contributed by atoms with Crippen molar-refractivity contribution in [2.24, 2.45) is 5.92 Å². The van der Waals surface area contributed by atoms with E-state index in [1.807, 2.05) is 11.6 Å². The number of aromatic nitrogens is 1. The van der Waals surface area contributed by atoms with Gasteiger partial charge in [-0.1, -0.05) is 0 Å². The summed E-state index contributed by atoms with van der Waals surface area (Å²) in [5.74, 6) is 0.470. The standard InChI is InChI=1S/C10H16N2OS/c1-8(10-11-3-5-14-10)12-4-2-9(6-12)7-13/h3,5,8-9,13H,2,4,6-7H2,1H3. The highest BCUT2D eigenvalue weighted by Crippen LogP contribution is 2.27. The van der Waals surface area contributed by atoms with Crippen molar-refractivity contribution in [2.45, 2.75) is 19.4 Å². The minimum absolute atomic E-state index is 0.321. The summed E-state index contributed by atoms with van der Waals surface area (Å²) in [5.41, 5.74) is 0. The SMILES string of the molecule is CC(c1nccs1)N1CCC(CO)C1. The molecule has 1 fully saturated rings. The molecular weight excluding hydrogens is 196 g/mol. The minimum atomic E-state index is 0.321. The van der Waals surface area contributed by atoms with Crippen LogP contribution in [0.3, 0.4) is 0 Å². The van der Waals surface area contributed by atoms with Gasteiger partial charge in [0.2, 0.25) is 0 Å². The second kappa shape index (κ2) is 4.38. The molecule has 78 valence electrons. The maximum Gasteiger partial charge on any atom is 0.109 e. The summed E-state index contributed by atoms with van der Waals surface area (Å²) in [6.45, 7) is 4.61. The van der Waals surface area contributed by atoms with Gasteiger partial charge in [0, 0.05) is 24.7 Å². The van der Waals surface area contributed by atoms with E-state index >= 15 is 0 Å². The highest BCUT2D eigenvalue weighted by Gasteiger charge is 2.27. The van der Waals surface area contributed by atoms with E-state index in [-0.39, 0.29) is 0 Å². The first-order valence-electron chi connectivity index (χ1n) is 5.05. The van der Waals surface area contributed by atoms with Gasteiger partial charge in [-0.15, -0.1) is 11.3 Å². The summed E-state index contributed by atoms with van der Waals surface area (Å²) in [6.07, 6.45) is 2.97. The summed E-state index contributed by atoms with van der Waals surface area (Å²) < 4.78 is 0. The Labute approximate surface area is 88.4 Å². The molecule has 1 aromatic heterocycles. The lowest BCUT2D eigenvalue weighted by molar-refractivity contribution is 0.204. The van der Waals surface area contributed by atoms with Gasteiger partial charge < -0.3 is 5.11 Å². The van der Waals surface area contributed by atoms with Crippen LogP contribution in [0, 0.1) is 5.92 Å². The fourth-order valence-corrected chi connectivity index (χ4v) is 2.69. The molecule has 1 aliphatic rings. The van der Waals surface area contributed by atoms with Crippen molar-refractivity contribution in [3.05, 3.63) is 16.6 Å². The quantitative estimate of drug-likeness (QED) is 0.825. The van der Waals surface area contributed by atoms with Crippen molar-refractivity contribution < 1.29 is 5.11 Å².